The van der Waals surface area contributed by atoms with Crippen LogP contribution in [0.3, 0.4) is 0 Å². The second kappa shape index (κ2) is 6.03. The average Bonchev–Trinajstić information content (AvgIpc) is 2.37. The van der Waals surface area contributed by atoms with E-state index in [9.17, 15) is 8.42 Å². The fraction of sp³-hybridized carbons (Fsp3) is 0.182. The second-order valence-corrected chi connectivity index (χ2v) is 5.75. The van der Waals surface area contributed by atoms with Gasteiger partial charge in [0, 0.05) is 6.26 Å². The number of sulfone groups is 1. The van der Waals surface area contributed by atoms with Crippen molar-refractivity contribution < 1.29 is 13.2 Å². The number of nitriles is 1. The smallest absolute Gasteiger partial charge is 0.201 e. The summed E-state index contributed by atoms with van der Waals surface area (Å²) >= 11 is 0. The number of nitrogens with two attached hydrogens (primary N) is 1. The highest BCUT2D eigenvalue weighted by Crippen LogP contribution is 2.27. The summed E-state index contributed by atoms with van der Waals surface area (Å²) in [5.41, 5.74) is 7.53. The van der Waals surface area contributed by atoms with Gasteiger partial charge >= 0.3 is 0 Å². The maximum absolute atomic E-state index is 11.5. The first-order valence-electron chi connectivity index (χ1n) is 5.26. The molecule has 0 saturated heterocycles. The van der Waals surface area contributed by atoms with Crippen LogP contribution in [0.15, 0.2) is 28.2 Å². The van der Waals surface area contributed by atoms with E-state index in [1.165, 1.54) is 25.3 Å². The number of hydrogen-bond donors (Lipinski definition) is 3. The first kappa shape index (κ1) is 15.5. The molecule has 20 heavy (non-hydrogen) atoms. The Morgan fingerprint density at radius 3 is 2.65 bits per heavy atom. The Morgan fingerprint density at radius 1 is 1.55 bits per heavy atom. The molecule has 0 aromatic heterocycles. The van der Waals surface area contributed by atoms with E-state index in [1.54, 1.807) is 6.07 Å². The zero-order valence-electron chi connectivity index (χ0n) is 10.8. The Hall–Kier alpha value is -2.60. The quantitative estimate of drug-likeness (QED) is 0.406. The normalized spacial score (nSPS) is 11.6. The third kappa shape index (κ3) is 3.69. The van der Waals surface area contributed by atoms with Crippen molar-refractivity contribution in [3.8, 4) is 11.8 Å². The van der Waals surface area contributed by atoms with Gasteiger partial charge in [0.15, 0.2) is 15.7 Å². The molecule has 0 fully saturated rings. The van der Waals surface area contributed by atoms with Gasteiger partial charge in [0.2, 0.25) is 5.71 Å². The highest BCUT2D eigenvalue weighted by molar-refractivity contribution is 7.90. The van der Waals surface area contributed by atoms with Crippen molar-refractivity contribution in [3.63, 3.8) is 0 Å². The van der Waals surface area contributed by atoms with E-state index in [0.29, 0.717) is 5.75 Å². The number of hydrazone groups is 1. The zero-order valence-corrected chi connectivity index (χ0v) is 11.7. The lowest BCUT2D eigenvalue weighted by molar-refractivity contribution is 0.416. The summed E-state index contributed by atoms with van der Waals surface area (Å²) in [6.45, 7) is 0. The number of nitrogens with zero attached hydrogens (tertiary/aromatic N) is 2. The summed E-state index contributed by atoms with van der Waals surface area (Å²) in [6, 6.07) is 5.79. The molecule has 0 unspecified atom stereocenters. The molecule has 0 heterocycles. The van der Waals surface area contributed by atoms with Gasteiger partial charge in [-0.3, -0.25) is 10.8 Å². The molecule has 106 valence electrons. The van der Waals surface area contributed by atoms with E-state index in [4.69, 9.17) is 21.1 Å². The van der Waals surface area contributed by atoms with Crippen molar-refractivity contribution in [1.29, 1.82) is 10.7 Å². The fourth-order valence-corrected chi connectivity index (χ4v) is 1.91. The van der Waals surface area contributed by atoms with Gasteiger partial charge in [0.1, 0.15) is 11.8 Å². The predicted molar refractivity (Wildman–Crippen MR) is 74.7 cm³/mol. The highest BCUT2D eigenvalue weighted by atomic mass is 32.2. The second-order valence-electron chi connectivity index (χ2n) is 3.73. The van der Waals surface area contributed by atoms with Gasteiger partial charge in [-0.05, 0) is 18.2 Å². The minimum absolute atomic E-state index is 0.0670. The van der Waals surface area contributed by atoms with E-state index in [1.807, 2.05) is 0 Å². The van der Waals surface area contributed by atoms with Crippen molar-refractivity contribution in [2.45, 2.75) is 4.90 Å². The fourth-order valence-electron chi connectivity index (χ4n) is 1.27. The number of hydrogen-bond acceptors (Lipinski definition) is 7. The van der Waals surface area contributed by atoms with Crippen LogP contribution in [0, 0.1) is 16.7 Å². The van der Waals surface area contributed by atoms with Gasteiger partial charge < -0.3 is 10.5 Å². The lowest BCUT2D eigenvalue weighted by atomic mass is 10.3. The SMILES string of the molecule is COc1ccc(S(C)(=O)=O)cc1N/N=C(\C#N)C(=N)N. The Balaban J connectivity index is 3.23. The van der Waals surface area contributed by atoms with E-state index >= 15 is 0 Å². The topological polar surface area (TPSA) is 141 Å². The largest absolute Gasteiger partial charge is 0.495 e. The number of anilines is 1. The number of nitrogens with one attached hydrogen (secondary N) is 2. The first-order valence-corrected chi connectivity index (χ1v) is 7.15. The molecule has 1 aromatic carbocycles. The molecule has 8 nitrogen and oxygen atoms in total. The lowest BCUT2D eigenvalue weighted by Crippen LogP contribution is -2.21. The number of amidine groups is 1. The Labute approximate surface area is 116 Å². The standard InChI is InChI=1S/C11H13N5O3S/c1-19-10-4-3-7(20(2,17)18)5-8(10)15-16-9(6-12)11(13)14/h3-5,15H,1-2H3,(H3,13,14)/b16-9+. The summed E-state index contributed by atoms with van der Waals surface area (Å²) in [4.78, 5) is 0.0670. The molecule has 4 N–H and O–H groups in total. The van der Waals surface area contributed by atoms with Crippen molar-refractivity contribution in [2.24, 2.45) is 10.8 Å². The minimum Gasteiger partial charge on any atom is -0.495 e. The average molecular weight is 295 g/mol. The summed E-state index contributed by atoms with van der Waals surface area (Å²) in [5.74, 6) is -0.166. The van der Waals surface area contributed by atoms with Crippen LogP contribution in [-0.2, 0) is 9.84 Å². The first-order chi connectivity index (χ1) is 9.29. The molecule has 0 aliphatic rings. The maximum atomic E-state index is 11.5. The molecule has 1 aromatic rings. The van der Waals surface area contributed by atoms with Gasteiger partial charge in [-0.1, -0.05) is 0 Å². The van der Waals surface area contributed by atoms with Crippen molar-refractivity contribution in [1.82, 2.24) is 0 Å². The summed E-state index contributed by atoms with van der Waals surface area (Å²) in [5, 5.41) is 19.5. The molecular formula is C11H13N5O3S. The third-order valence-corrected chi connectivity index (χ3v) is 3.36. The van der Waals surface area contributed by atoms with Crippen LogP contribution in [0.5, 0.6) is 5.75 Å². The molecular weight excluding hydrogens is 282 g/mol. The van der Waals surface area contributed by atoms with Crippen molar-refractivity contribution in [3.05, 3.63) is 18.2 Å². The molecule has 0 spiro atoms. The third-order valence-electron chi connectivity index (χ3n) is 2.25. The van der Waals surface area contributed by atoms with Gasteiger partial charge in [-0.2, -0.15) is 10.4 Å². The Morgan fingerprint density at radius 2 is 2.20 bits per heavy atom. The van der Waals surface area contributed by atoms with E-state index in [-0.39, 0.29) is 16.3 Å². The van der Waals surface area contributed by atoms with E-state index in [0.717, 1.165) is 6.26 Å². The number of ether oxygens (including phenoxy) is 1. The summed E-state index contributed by atoms with van der Waals surface area (Å²) in [6.07, 6.45) is 1.07. The van der Waals surface area contributed by atoms with E-state index < -0.39 is 15.7 Å². The predicted octanol–water partition coefficient (Wildman–Crippen LogP) is 0.326. The highest BCUT2D eigenvalue weighted by Gasteiger charge is 2.11. The van der Waals surface area contributed by atoms with Crippen LogP contribution in [-0.4, -0.2) is 33.3 Å². The van der Waals surface area contributed by atoms with Crippen molar-refractivity contribution in [2.75, 3.05) is 18.8 Å². The molecule has 0 radical (unpaired) electrons. The van der Waals surface area contributed by atoms with Crippen LogP contribution in [0.2, 0.25) is 0 Å². The molecule has 9 heteroatoms. The zero-order chi connectivity index (χ0) is 15.3. The molecule has 0 atom stereocenters. The van der Waals surface area contributed by atoms with Crippen molar-refractivity contribution >= 4 is 27.1 Å². The van der Waals surface area contributed by atoms with Crippen LogP contribution < -0.4 is 15.9 Å². The number of methoxy groups -OCH3 is 1. The van der Waals surface area contributed by atoms with Gasteiger partial charge in [-0.15, -0.1) is 0 Å². The van der Waals surface area contributed by atoms with E-state index in [2.05, 4.69) is 10.5 Å². The van der Waals surface area contributed by atoms with Gasteiger partial charge in [0.25, 0.3) is 0 Å². The van der Waals surface area contributed by atoms with Crippen LogP contribution in [0.1, 0.15) is 0 Å². The Bertz CT molecular complexity index is 703. The van der Waals surface area contributed by atoms with Crippen LogP contribution in [0.4, 0.5) is 5.69 Å². The molecule has 0 saturated carbocycles. The Kier molecular flexibility index (Phi) is 4.66. The number of rotatable bonds is 5. The number of benzene rings is 1. The molecule has 0 bridgehead atoms. The lowest BCUT2D eigenvalue weighted by Gasteiger charge is -2.09. The minimum atomic E-state index is -3.39. The molecule has 0 aliphatic heterocycles. The summed E-state index contributed by atoms with van der Waals surface area (Å²) < 4.78 is 28.0. The van der Waals surface area contributed by atoms with Gasteiger partial charge in [-0.25, -0.2) is 8.42 Å². The molecule has 0 amide bonds. The van der Waals surface area contributed by atoms with Gasteiger partial charge in [0.05, 0.1) is 17.7 Å². The van der Waals surface area contributed by atoms with Crippen LogP contribution in [0.25, 0.3) is 0 Å². The van der Waals surface area contributed by atoms with Crippen LogP contribution >= 0.6 is 0 Å². The molecule has 0 aliphatic carbocycles. The monoisotopic (exact) mass is 295 g/mol. The molecule has 1 rings (SSSR count). The maximum Gasteiger partial charge on any atom is 0.201 e. The summed E-state index contributed by atoms with van der Waals surface area (Å²) in [7, 11) is -1.98.